The second-order valence-corrected chi connectivity index (χ2v) is 11.4. The third-order valence-electron chi connectivity index (χ3n) is 7.72. The van der Waals surface area contributed by atoms with Crippen LogP contribution in [0.5, 0.6) is 5.75 Å². The molecule has 1 fully saturated rings. The van der Waals surface area contributed by atoms with Crippen LogP contribution in [0.4, 0.5) is 0 Å². The lowest BCUT2D eigenvalue weighted by Gasteiger charge is -2.37. The normalized spacial score (nSPS) is 22.4. The molecule has 0 saturated heterocycles. The first-order valence-corrected chi connectivity index (χ1v) is 14.1. The summed E-state index contributed by atoms with van der Waals surface area (Å²) in [5.74, 6) is -0.0677. The Bertz CT molecular complexity index is 1280. The molecule has 0 unspecified atom stereocenters. The smallest absolute Gasteiger partial charge is 0.337 e. The molecule has 2 aromatic carbocycles. The van der Waals surface area contributed by atoms with Gasteiger partial charge >= 0.3 is 5.97 Å². The molecular weight excluding hydrogens is 554 g/mol. The van der Waals surface area contributed by atoms with Crippen LogP contribution in [0.1, 0.15) is 74.8 Å². The first-order chi connectivity index (χ1) is 17.9. The van der Waals surface area contributed by atoms with Crippen molar-refractivity contribution in [1.29, 1.82) is 0 Å². The molecule has 3 aliphatic rings. The topological polar surface area (TPSA) is 64.6 Å². The zero-order chi connectivity index (χ0) is 26.1. The maximum atomic E-state index is 13.8. The van der Waals surface area contributed by atoms with Crippen LogP contribution in [0.15, 0.2) is 69.5 Å². The van der Waals surface area contributed by atoms with E-state index in [9.17, 15) is 9.59 Å². The number of allylic oxidation sites excluding steroid dienone is 3. The Hall–Kier alpha value is -2.57. The molecule has 5 nitrogen and oxygen atoms in total. The van der Waals surface area contributed by atoms with E-state index in [-0.39, 0.29) is 23.8 Å². The van der Waals surface area contributed by atoms with E-state index in [1.165, 1.54) is 6.42 Å². The van der Waals surface area contributed by atoms with Crippen molar-refractivity contribution < 1.29 is 19.1 Å². The number of carbonyl (C=O) groups excluding carboxylic acids is 2. The fourth-order valence-corrected chi connectivity index (χ4v) is 6.56. The molecule has 0 spiro atoms. The molecule has 0 amide bonds. The Balaban J connectivity index is 1.54. The van der Waals surface area contributed by atoms with Crippen LogP contribution in [0.3, 0.4) is 0 Å². The highest BCUT2D eigenvalue weighted by atomic mass is 79.9. The van der Waals surface area contributed by atoms with Crippen molar-refractivity contribution >= 4 is 39.3 Å². The summed E-state index contributed by atoms with van der Waals surface area (Å²) < 4.78 is 12.2. The van der Waals surface area contributed by atoms with E-state index in [1.54, 1.807) is 7.11 Å². The maximum Gasteiger partial charge on any atom is 0.337 e. The highest BCUT2D eigenvalue weighted by molar-refractivity contribution is 9.10. The van der Waals surface area contributed by atoms with Gasteiger partial charge in [0.2, 0.25) is 0 Å². The quantitative estimate of drug-likeness (QED) is 0.372. The van der Waals surface area contributed by atoms with Gasteiger partial charge in [-0.3, -0.25) is 4.79 Å². The third kappa shape index (κ3) is 5.37. The number of methoxy groups -OCH3 is 1. The molecule has 2 aromatic rings. The van der Waals surface area contributed by atoms with Gasteiger partial charge in [0.25, 0.3) is 0 Å². The average molecular weight is 585 g/mol. The Morgan fingerprint density at radius 3 is 2.41 bits per heavy atom. The largest absolute Gasteiger partial charge is 0.496 e. The van der Waals surface area contributed by atoms with Crippen LogP contribution >= 0.6 is 27.5 Å². The first-order valence-electron chi connectivity index (χ1n) is 12.9. The summed E-state index contributed by atoms with van der Waals surface area (Å²) in [4.78, 5) is 27.5. The fourth-order valence-electron chi connectivity index (χ4n) is 5.87. The van der Waals surface area contributed by atoms with Gasteiger partial charge in [-0.15, -0.1) is 0 Å². The van der Waals surface area contributed by atoms with Crippen molar-refractivity contribution in [1.82, 2.24) is 5.32 Å². The van der Waals surface area contributed by atoms with Crippen molar-refractivity contribution in [2.45, 2.75) is 69.8 Å². The Labute approximate surface area is 231 Å². The summed E-state index contributed by atoms with van der Waals surface area (Å²) >= 11 is 9.68. The van der Waals surface area contributed by atoms with Crippen LogP contribution in [0.25, 0.3) is 0 Å². The molecule has 37 heavy (non-hydrogen) atoms. The minimum atomic E-state index is -0.506. The summed E-state index contributed by atoms with van der Waals surface area (Å²) in [5.41, 5.74) is 4.72. The standard InChI is InChI=1S/C30H31BrClNO4/c1-17-27(30(35)37-22-6-4-3-5-7-22)28(19-10-13-26(36-2)23(31)14-19)29-24(33-17)15-20(16-25(29)34)18-8-11-21(32)12-9-18/h8-14,20,22,28,33H,3-7,15-16H2,1-2H3/t20-,28+/m1/s1. The maximum absolute atomic E-state index is 13.8. The molecule has 0 radical (unpaired) electrons. The predicted octanol–water partition coefficient (Wildman–Crippen LogP) is 7.35. The number of hydrogen-bond donors (Lipinski definition) is 1. The summed E-state index contributed by atoms with van der Waals surface area (Å²) in [6, 6.07) is 13.4. The highest BCUT2D eigenvalue weighted by Gasteiger charge is 2.42. The molecule has 2 aliphatic carbocycles. The minimum Gasteiger partial charge on any atom is -0.496 e. The van der Waals surface area contributed by atoms with Gasteiger partial charge in [0, 0.05) is 34.3 Å². The summed E-state index contributed by atoms with van der Waals surface area (Å²) in [7, 11) is 1.61. The van der Waals surface area contributed by atoms with Crippen LogP contribution in [-0.2, 0) is 14.3 Å². The molecule has 1 N–H and O–H groups in total. The zero-order valence-corrected chi connectivity index (χ0v) is 23.5. The van der Waals surface area contributed by atoms with Gasteiger partial charge in [-0.1, -0.05) is 36.2 Å². The Morgan fingerprint density at radius 1 is 1.03 bits per heavy atom. The van der Waals surface area contributed by atoms with E-state index in [4.69, 9.17) is 21.1 Å². The van der Waals surface area contributed by atoms with Gasteiger partial charge < -0.3 is 14.8 Å². The van der Waals surface area contributed by atoms with Gasteiger partial charge in [-0.25, -0.2) is 4.79 Å². The van der Waals surface area contributed by atoms with E-state index < -0.39 is 5.92 Å². The van der Waals surface area contributed by atoms with E-state index in [1.807, 2.05) is 49.4 Å². The first kappa shape index (κ1) is 26.1. The van der Waals surface area contributed by atoms with E-state index >= 15 is 0 Å². The number of halogens is 2. The molecule has 5 rings (SSSR count). The van der Waals surface area contributed by atoms with Crippen LogP contribution in [0.2, 0.25) is 5.02 Å². The second-order valence-electron chi connectivity index (χ2n) is 10.1. The number of hydrogen-bond acceptors (Lipinski definition) is 5. The summed E-state index contributed by atoms with van der Waals surface area (Å²) in [6.45, 7) is 1.91. The van der Waals surface area contributed by atoms with Crippen molar-refractivity contribution in [3.8, 4) is 5.75 Å². The lowest BCUT2D eigenvalue weighted by molar-refractivity contribution is -0.146. The molecule has 0 aromatic heterocycles. The molecular formula is C30H31BrClNO4. The number of esters is 1. The fraction of sp³-hybridized carbons (Fsp3) is 0.400. The van der Waals surface area contributed by atoms with Gasteiger partial charge in [-0.2, -0.15) is 0 Å². The van der Waals surface area contributed by atoms with Gasteiger partial charge in [-0.05, 0) is 96.3 Å². The highest BCUT2D eigenvalue weighted by Crippen LogP contribution is 2.47. The van der Waals surface area contributed by atoms with E-state index in [2.05, 4.69) is 21.2 Å². The third-order valence-corrected chi connectivity index (χ3v) is 8.60. The number of dihydropyridines is 1. The van der Waals surface area contributed by atoms with Gasteiger partial charge in [0.05, 0.1) is 17.2 Å². The number of nitrogens with one attached hydrogen (secondary N) is 1. The molecule has 1 aliphatic heterocycles. The molecule has 1 heterocycles. The van der Waals surface area contributed by atoms with E-state index in [0.29, 0.717) is 34.8 Å². The van der Waals surface area contributed by atoms with Crippen molar-refractivity contribution in [2.24, 2.45) is 0 Å². The van der Waals surface area contributed by atoms with Crippen molar-refractivity contribution in [2.75, 3.05) is 7.11 Å². The number of benzene rings is 2. The predicted molar refractivity (Wildman–Crippen MR) is 148 cm³/mol. The number of carbonyl (C=O) groups is 2. The summed E-state index contributed by atoms with van der Waals surface area (Å²) in [5, 5.41) is 4.11. The lowest BCUT2D eigenvalue weighted by Crippen LogP contribution is -2.37. The van der Waals surface area contributed by atoms with Gasteiger partial charge in [0.15, 0.2) is 5.78 Å². The monoisotopic (exact) mass is 583 g/mol. The molecule has 0 bridgehead atoms. The van der Waals surface area contributed by atoms with E-state index in [0.717, 1.165) is 52.7 Å². The number of rotatable bonds is 5. The van der Waals surface area contributed by atoms with Crippen LogP contribution in [0, 0.1) is 0 Å². The Morgan fingerprint density at radius 2 is 1.73 bits per heavy atom. The van der Waals surface area contributed by atoms with Crippen LogP contribution in [-0.4, -0.2) is 25.0 Å². The summed E-state index contributed by atoms with van der Waals surface area (Å²) in [6.07, 6.45) is 6.08. The SMILES string of the molecule is COc1ccc([C@H]2C(C(=O)OC3CCCCC3)=C(C)NC3=C2C(=O)C[C@H](c2ccc(Cl)cc2)C3)cc1Br. The van der Waals surface area contributed by atoms with Crippen LogP contribution < -0.4 is 10.1 Å². The molecule has 1 saturated carbocycles. The van der Waals surface area contributed by atoms with Crippen molar-refractivity contribution in [3.05, 3.63) is 85.6 Å². The number of Topliss-reactive ketones (excluding diaryl/α,β-unsaturated/α-hetero) is 1. The Kier molecular flexibility index (Phi) is 7.77. The molecule has 194 valence electrons. The molecule has 2 atom stereocenters. The lowest BCUT2D eigenvalue weighted by atomic mass is 9.71. The second kappa shape index (κ2) is 11.0. The van der Waals surface area contributed by atoms with Gasteiger partial charge in [0.1, 0.15) is 11.9 Å². The minimum absolute atomic E-state index is 0.0427. The zero-order valence-electron chi connectivity index (χ0n) is 21.1. The number of ether oxygens (including phenoxy) is 2. The number of ketones is 1. The van der Waals surface area contributed by atoms with Crippen molar-refractivity contribution in [3.63, 3.8) is 0 Å². The average Bonchev–Trinajstić information content (AvgIpc) is 2.88. The molecule has 7 heteroatoms.